The number of hydrogen-bond acceptors (Lipinski definition) is 4. The van der Waals surface area contributed by atoms with Crippen molar-refractivity contribution in [2.24, 2.45) is 10.3 Å². The average molecular weight is 418 g/mol. The van der Waals surface area contributed by atoms with E-state index in [0.717, 1.165) is 5.56 Å². The Kier molecular flexibility index (Phi) is 5.75. The molecule has 1 atom stereocenters. The number of fused-ring (bicyclic) bond motifs is 1. The number of carbonyl (C=O) groups is 1. The van der Waals surface area contributed by atoms with Crippen LogP contribution in [-0.2, 0) is 10.0 Å². The third-order valence-corrected chi connectivity index (χ3v) is 6.09. The SMILES string of the molecule is CC1=NS(=O)(=O)c2cc(C(=O)NC(C)c3ccc(F)cc3)ccc2N1CC(C)C. The van der Waals surface area contributed by atoms with E-state index >= 15 is 0 Å². The van der Waals surface area contributed by atoms with Crippen molar-refractivity contribution in [2.75, 3.05) is 11.4 Å². The number of benzene rings is 2. The monoisotopic (exact) mass is 417 g/mol. The van der Waals surface area contributed by atoms with Gasteiger partial charge in [-0.3, -0.25) is 4.79 Å². The van der Waals surface area contributed by atoms with Crippen LogP contribution in [-0.4, -0.2) is 26.7 Å². The van der Waals surface area contributed by atoms with Gasteiger partial charge in [0.1, 0.15) is 16.5 Å². The first-order valence-corrected chi connectivity index (χ1v) is 10.8. The van der Waals surface area contributed by atoms with Gasteiger partial charge in [-0.05, 0) is 55.7 Å². The van der Waals surface area contributed by atoms with E-state index in [1.165, 1.54) is 18.2 Å². The van der Waals surface area contributed by atoms with Gasteiger partial charge in [-0.15, -0.1) is 4.40 Å². The third kappa shape index (κ3) is 4.48. The molecule has 1 aliphatic rings. The number of nitrogens with one attached hydrogen (secondary N) is 1. The first-order valence-electron chi connectivity index (χ1n) is 9.38. The second-order valence-corrected chi connectivity index (χ2v) is 9.12. The highest BCUT2D eigenvalue weighted by atomic mass is 32.2. The van der Waals surface area contributed by atoms with Crippen LogP contribution in [0.4, 0.5) is 10.1 Å². The Bertz CT molecular complexity index is 1060. The Morgan fingerprint density at radius 1 is 1.14 bits per heavy atom. The molecule has 154 valence electrons. The van der Waals surface area contributed by atoms with E-state index in [2.05, 4.69) is 9.71 Å². The van der Waals surface area contributed by atoms with Crippen LogP contribution < -0.4 is 10.2 Å². The standard InChI is InChI=1S/C21H24FN3O3S/c1-13(2)12-25-15(4)24-29(27,28)20-11-17(7-10-19(20)25)21(26)23-14(3)16-5-8-18(22)9-6-16/h5-11,13-14H,12H2,1-4H3,(H,23,26). The zero-order chi connectivity index (χ0) is 21.3. The van der Waals surface area contributed by atoms with Crippen LogP contribution in [0.15, 0.2) is 51.8 Å². The minimum Gasteiger partial charge on any atom is -0.346 e. The summed E-state index contributed by atoms with van der Waals surface area (Å²) in [5.41, 5.74) is 1.49. The number of carbonyl (C=O) groups excluding carboxylic acids is 1. The van der Waals surface area contributed by atoms with Crippen molar-refractivity contribution in [3.63, 3.8) is 0 Å². The molecule has 6 nitrogen and oxygen atoms in total. The number of amidine groups is 1. The van der Waals surface area contributed by atoms with Gasteiger partial charge >= 0.3 is 0 Å². The van der Waals surface area contributed by atoms with E-state index in [-0.39, 0.29) is 22.3 Å². The van der Waals surface area contributed by atoms with Crippen LogP contribution in [0, 0.1) is 11.7 Å². The van der Waals surface area contributed by atoms with E-state index in [9.17, 15) is 17.6 Å². The molecule has 0 aromatic heterocycles. The molecule has 1 heterocycles. The molecule has 2 aromatic carbocycles. The molecule has 1 unspecified atom stereocenters. The summed E-state index contributed by atoms with van der Waals surface area (Å²) in [7, 11) is -3.88. The van der Waals surface area contributed by atoms with Crippen LogP contribution in [0.2, 0.25) is 0 Å². The number of sulfonamides is 1. The molecule has 0 aliphatic carbocycles. The van der Waals surface area contributed by atoms with E-state index in [4.69, 9.17) is 0 Å². The van der Waals surface area contributed by atoms with Gasteiger partial charge in [0.25, 0.3) is 15.9 Å². The van der Waals surface area contributed by atoms with Crippen molar-refractivity contribution >= 4 is 27.5 Å². The van der Waals surface area contributed by atoms with Crippen molar-refractivity contribution in [3.8, 4) is 0 Å². The third-order valence-electron chi connectivity index (χ3n) is 4.70. The lowest BCUT2D eigenvalue weighted by Crippen LogP contribution is -2.37. The molecule has 0 radical (unpaired) electrons. The molecule has 1 amide bonds. The normalized spacial score (nSPS) is 16.2. The highest BCUT2D eigenvalue weighted by Gasteiger charge is 2.30. The topological polar surface area (TPSA) is 78.8 Å². The van der Waals surface area contributed by atoms with E-state index < -0.39 is 15.9 Å². The Morgan fingerprint density at radius 3 is 2.41 bits per heavy atom. The number of halogens is 1. The molecular formula is C21H24FN3O3S. The first-order chi connectivity index (χ1) is 13.6. The quantitative estimate of drug-likeness (QED) is 0.800. The van der Waals surface area contributed by atoms with Gasteiger partial charge < -0.3 is 10.2 Å². The fraction of sp³-hybridized carbons (Fsp3) is 0.333. The van der Waals surface area contributed by atoms with E-state index in [0.29, 0.717) is 24.0 Å². The maximum absolute atomic E-state index is 13.1. The summed E-state index contributed by atoms with van der Waals surface area (Å²) in [6, 6.07) is 10.1. The van der Waals surface area contributed by atoms with E-state index in [1.54, 1.807) is 38.1 Å². The lowest BCUT2D eigenvalue weighted by Gasteiger charge is -2.31. The van der Waals surface area contributed by atoms with E-state index in [1.807, 2.05) is 18.7 Å². The van der Waals surface area contributed by atoms with Crippen LogP contribution in [0.5, 0.6) is 0 Å². The highest BCUT2D eigenvalue weighted by molar-refractivity contribution is 7.90. The molecule has 29 heavy (non-hydrogen) atoms. The summed E-state index contributed by atoms with van der Waals surface area (Å²) in [6.07, 6.45) is 0. The number of anilines is 1. The molecule has 1 N–H and O–H groups in total. The molecule has 3 rings (SSSR count). The molecule has 0 fully saturated rings. The Morgan fingerprint density at radius 2 is 1.79 bits per heavy atom. The first kappa shape index (κ1) is 21.0. The lowest BCUT2D eigenvalue weighted by molar-refractivity contribution is 0.0939. The van der Waals surface area contributed by atoms with Gasteiger partial charge in [0.2, 0.25) is 0 Å². The Labute approximate surface area is 170 Å². The minimum absolute atomic E-state index is 0.0193. The fourth-order valence-corrected chi connectivity index (χ4v) is 4.51. The zero-order valence-electron chi connectivity index (χ0n) is 16.8. The maximum atomic E-state index is 13.1. The van der Waals surface area contributed by atoms with Crippen molar-refractivity contribution < 1.29 is 17.6 Å². The summed E-state index contributed by atoms with van der Waals surface area (Å²) in [6.45, 7) is 8.13. The Hall–Kier alpha value is -2.74. The summed E-state index contributed by atoms with van der Waals surface area (Å²) >= 11 is 0. The second-order valence-electron chi connectivity index (χ2n) is 7.55. The van der Waals surface area contributed by atoms with Gasteiger partial charge in [-0.2, -0.15) is 8.42 Å². The Balaban J connectivity index is 1.89. The van der Waals surface area contributed by atoms with Gasteiger partial charge in [0.05, 0.1) is 11.7 Å². The summed E-state index contributed by atoms with van der Waals surface area (Å²) in [4.78, 5) is 14.6. The molecule has 1 aliphatic heterocycles. The number of nitrogens with zero attached hydrogens (tertiary/aromatic N) is 2. The number of rotatable bonds is 5. The molecular weight excluding hydrogens is 393 g/mol. The molecule has 8 heteroatoms. The lowest BCUT2D eigenvalue weighted by atomic mass is 10.1. The highest BCUT2D eigenvalue weighted by Crippen LogP contribution is 2.33. The molecule has 0 saturated carbocycles. The van der Waals surface area contributed by atoms with Crippen molar-refractivity contribution in [3.05, 3.63) is 59.4 Å². The molecule has 0 saturated heterocycles. The van der Waals surface area contributed by atoms with Gasteiger partial charge in [0, 0.05) is 12.1 Å². The molecule has 2 aromatic rings. The number of amides is 1. The predicted octanol–water partition coefficient (Wildman–Crippen LogP) is 3.90. The number of hydrogen-bond donors (Lipinski definition) is 1. The largest absolute Gasteiger partial charge is 0.346 e. The van der Waals surface area contributed by atoms with Crippen molar-refractivity contribution in [1.82, 2.24) is 5.32 Å². The summed E-state index contributed by atoms with van der Waals surface area (Å²) in [5, 5.41) is 2.81. The van der Waals surface area contributed by atoms with Gasteiger partial charge in [-0.25, -0.2) is 4.39 Å². The van der Waals surface area contributed by atoms with Gasteiger partial charge in [-0.1, -0.05) is 26.0 Å². The maximum Gasteiger partial charge on any atom is 0.286 e. The fourth-order valence-electron chi connectivity index (χ4n) is 3.24. The smallest absolute Gasteiger partial charge is 0.286 e. The van der Waals surface area contributed by atoms with Crippen LogP contribution in [0.25, 0.3) is 0 Å². The van der Waals surface area contributed by atoms with Crippen LogP contribution in [0.3, 0.4) is 0 Å². The van der Waals surface area contributed by atoms with Crippen LogP contribution in [0.1, 0.15) is 49.7 Å². The average Bonchev–Trinajstić information content (AvgIpc) is 2.64. The van der Waals surface area contributed by atoms with Crippen molar-refractivity contribution in [2.45, 2.75) is 38.6 Å². The minimum atomic E-state index is -3.88. The summed E-state index contributed by atoms with van der Waals surface area (Å²) in [5.74, 6) is -0.0582. The van der Waals surface area contributed by atoms with Crippen LogP contribution >= 0.6 is 0 Å². The van der Waals surface area contributed by atoms with Gasteiger partial charge in [0.15, 0.2) is 0 Å². The van der Waals surface area contributed by atoms with Crippen molar-refractivity contribution in [1.29, 1.82) is 0 Å². The predicted molar refractivity (Wildman–Crippen MR) is 111 cm³/mol. The molecule has 0 spiro atoms. The second kappa shape index (κ2) is 7.94. The summed E-state index contributed by atoms with van der Waals surface area (Å²) < 4.78 is 42.1. The zero-order valence-corrected chi connectivity index (χ0v) is 17.6. The molecule has 0 bridgehead atoms.